The summed E-state index contributed by atoms with van der Waals surface area (Å²) < 4.78 is 24.0. The van der Waals surface area contributed by atoms with E-state index in [-0.39, 0.29) is 17.1 Å². The van der Waals surface area contributed by atoms with Crippen LogP contribution in [-0.4, -0.2) is 20.1 Å². The predicted octanol–water partition coefficient (Wildman–Crippen LogP) is 2.58. The molecule has 0 aromatic heterocycles. The molecular weight excluding hydrogens is 244 g/mol. The molecule has 0 N–H and O–H groups in total. The van der Waals surface area contributed by atoms with E-state index >= 15 is 0 Å². The summed E-state index contributed by atoms with van der Waals surface area (Å²) >= 11 is 6.00. The molecule has 1 atom stereocenters. The normalized spacial score (nSPS) is 28.7. The maximum atomic E-state index is 12.0. The lowest BCUT2D eigenvalue weighted by Gasteiger charge is -2.19. The van der Waals surface area contributed by atoms with E-state index in [9.17, 15) is 8.42 Å². The molecule has 1 aromatic carbocycles. The van der Waals surface area contributed by atoms with Gasteiger partial charge in [0.05, 0.1) is 10.6 Å². The molecule has 1 heterocycles. The standard InChI is InChI=1S/C12H13ClO2S/c13-8-12(5-6-12)10-7-16(14,15)11-4-2-1-3-9(10)11/h1-4,10H,5-8H2. The lowest BCUT2D eigenvalue weighted by atomic mass is 9.86. The Morgan fingerprint density at radius 3 is 2.62 bits per heavy atom. The third-order valence-electron chi connectivity index (χ3n) is 3.91. The first-order valence-corrected chi connectivity index (χ1v) is 7.65. The quantitative estimate of drug-likeness (QED) is 0.763. The second kappa shape index (κ2) is 3.23. The summed E-state index contributed by atoms with van der Waals surface area (Å²) in [6.07, 6.45) is 2.12. The molecule has 0 radical (unpaired) electrons. The molecule has 3 rings (SSSR count). The Labute approximate surface area is 101 Å². The van der Waals surface area contributed by atoms with Crippen LogP contribution in [-0.2, 0) is 9.84 Å². The average Bonchev–Trinajstić information content (AvgIpc) is 3.02. The molecule has 1 aliphatic heterocycles. The van der Waals surface area contributed by atoms with Gasteiger partial charge in [-0.2, -0.15) is 0 Å². The molecule has 1 aromatic rings. The Bertz CT molecular complexity index is 532. The van der Waals surface area contributed by atoms with Gasteiger partial charge in [0.1, 0.15) is 0 Å². The molecule has 2 aliphatic rings. The van der Waals surface area contributed by atoms with Gasteiger partial charge in [0, 0.05) is 11.8 Å². The van der Waals surface area contributed by atoms with Gasteiger partial charge in [0.15, 0.2) is 9.84 Å². The molecule has 0 amide bonds. The molecular formula is C12H13ClO2S. The smallest absolute Gasteiger partial charge is 0.179 e. The van der Waals surface area contributed by atoms with Gasteiger partial charge < -0.3 is 0 Å². The fourth-order valence-corrected chi connectivity index (χ4v) is 5.15. The van der Waals surface area contributed by atoms with Crippen LogP contribution in [0.3, 0.4) is 0 Å². The van der Waals surface area contributed by atoms with Crippen molar-refractivity contribution in [2.75, 3.05) is 11.6 Å². The summed E-state index contributed by atoms with van der Waals surface area (Å²) in [6.45, 7) is 0. The van der Waals surface area contributed by atoms with Crippen molar-refractivity contribution in [3.8, 4) is 0 Å². The zero-order valence-electron chi connectivity index (χ0n) is 8.82. The first-order valence-electron chi connectivity index (χ1n) is 5.47. The van der Waals surface area contributed by atoms with Crippen molar-refractivity contribution in [3.63, 3.8) is 0 Å². The van der Waals surface area contributed by atoms with E-state index in [2.05, 4.69) is 0 Å². The first-order chi connectivity index (χ1) is 7.59. The average molecular weight is 257 g/mol. The zero-order chi connectivity index (χ0) is 11.4. The Hall–Kier alpha value is -0.540. The molecule has 0 bridgehead atoms. The first kappa shape index (κ1) is 10.6. The van der Waals surface area contributed by atoms with Crippen molar-refractivity contribution in [1.82, 2.24) is 0 Å². The fraction of sp³-hybridized carbons (Fsp3) is 0.500. The molecule has 0 spiro atoms. The van der Waals surface area contributed by atoms with Gasteiger partial charge in [0.25, 0.3) is 0 Å². The number of sulfone groups is 1. The summed E-state index contributed by atoms with van der Waals surface area (Å²) in [5, 5.41) is 0. The van der Waals surface area contributed by atoms with Crippen LogP contribution in [0.2, 0.25) is 0 Å². The second-order valence-electron chi connectivity index (χ2n) is 4.87. The highest BCUT2D eigenvalue weighted by atomic mass is 35.5. The van der Waals surface area contributed by atoms with Crippen LogP contribution in [0.25, 0.3) is 0 Å². The molecule has 86 valence electrons. The lowest BCUT2D eigenvalue weighted by Crippen LogP contribution is -2.17. The topological polar surface area (TPSA) is 34.1 Å². The summed E-state index contributed by atoms with van der Waals surface area (Å²) in [6, 6.07) is 7.36. The van der Waals surface area contributed by atoms with Crippen LogP contribution in [0, 0.1) is 5.41 Å². The molecule has 1 aliphatic carbocycles. The third kappa shape index (κ3) is 1.34. The Morgan fingerprint density at radius 1 is 1.31 bits per heavy atom. The molecule has 0 saturated heterocycles. The van der Waals surface area contributed by atoms with E-state index in [0.29, 0.717) is 10.8 Å². The van der Waals surface area contributed by atoms with Crippen molar-refractivity contribution >= 4 is 21.4 Å². The van der Waals surface area contributed by atoms with E-state index in [1.165, 1.54) is 0 Å². The molecule has 2 nitrogen and oxygen atoms in total. The number of fused-ring (bicyclic) bond motifs is 1. The minimum atomic E-state index is -3.07. The Kier molecular flexibility index (Phi) is 2.14. The predicted molar refractivity (Wildman–Crippen MR) is 63.6 cm³/mol. The van der Waals surface area contributed by atoms with Crippen LogP contribution in [0.15, 0.2) is 29.2 Å². The van der Waals surface area contributed by atoms with E-state index in [4.69, 9.17) is 11.6 Å². The van der Waals surface area contributed by atoms with Crippen LogP contribution in [0.4, 0.5) is 0 Å². The molecule has 1 saturated carbocycles. The number of alkyl halides is 1. The number of benzene rings is 1. The summed E-state index contributed by atoms with van der Waals surface area (Å²) in [5.41, 5.74) is 1.04. The second-order valence-corrected chi connectivity index (χ2v) is 7.14. The van der Waals surface area contributed by atoms with Crippen LogP contribution >= 0.6 is 11.6 Å². The van der Waals surface area contributed by atoms with Crippen LogP contribution < -0.4 is 0 Å². The number of rotatable bonds is 2. The molecule has 4 heteroatoms. The van der Waals surface area contributed by atoms with Crippen LogP contribution in [0.5, 0.6) is 0 Å². The van der Waals surface area contributed by atoms with E-state index in [1.807, 2.05) is 12.1 Å². The van der Waals surface area contributed by atoms with Gasteiger partial charge in [-0.1, -0.05) is 18.2 Å². The molecule has 1 unspecified atom stereocenters. The van der Waals surface area contributed by atoms with E-state index < -0.39 is 9.84 Å². The molecule has 1 fully saturated rings. The van der Waals surface area contributed by atoms with Gasteiger partial charge in [-0.25, -0.2) is 8.42 Å². The highest BCUT2D eigenvalue weighted by Gasteiger charge is 2.54. The van der Waals surface area contributed by atoms with Gasteiger partial charge in [-0.15, -0.1) is 11.6 Å². The SMILES string of the molecule is O=S1(=O)CC(C2(CCl)CC2)c2ccccc21. The van der Waals surface area contributed by atoms with Gasteiger partial charge in [-0.05, 0) is 29.9 Å². The maximum Gasteiger partial charge on any atom is 0.179 e. The largest absolute Gasteiger partial charge is 0.224 e. The summed E-state index contributed by atoms with van der Waals surface area (Å²) in [7, 11) is -3.07. The summed E-state index contributed by atoms with van der Waals surface area (Å²) in [4.78, 5) is 0.524. The fourth-order valence-electron chi connectivity index (χ4n) is 2.69. The number of halogens is 1. The van der Waals surface area contributed by atoms with Gasteiger partial charge in [-0.3, -0.25) is 0 Å². The highest BCUT2D eigenvalue weighted by molar-refractivity contribution is 7.91. The molecule has 16 heavy (non-hydrogen) atoms. The van der Waals surface area contributed by atoms with Crippen molar-refractivity contribution < 1.29 is 8.42 Å². The zero-order valence-corrected chi connectivity index (χ0v) is 10.4. The lowest BCUT2D eigenvalue weighted by molar-refractivity contribution is 0.478. The number of hydrogen-bond acceptors (Lipinski definition) is 2. The highest BCUT2D eigenvalue weighted by Crippen LogP contribution is 2.60. The van der Waals surface area contributed by atoms with Crippen molar-refractivity contribution in [3.05, 3.63) is 29.8 Å². The van der Waals surface area contributed by atoms with Crippen molar-refractivity contribution in [2.45, 2.75) is 23.7 Å². The van der Waals surface area contributed by atoms with Crippen molar-refractivity contribution in [2.24, 2.45) is 5.41 Å². The van der Waals surface area contributed by atoms with E-state index in [0.717, 1.165) is 18.4 Å². The van der Waals surface area contributed by atoms with E-state index in [1.54, 1.807) is 12.1 Å². The third-order valence-corrected chi connectivity index (χ3v) is 6.26. The number of hydrogen-bond donors (Lipinski definition) is 0. The van der Waals surface area contributed by atoms with Crippen molar-refractivity contribution in [1.29, 1.82) is 0 Å². The Balaban J connectivity index is 2.14. The summed E-state index contributed by atoms with van der Waals surface area (Å²) in [5.74, 6) is 0.937. The van der Waals surface area contributed by atoms with Gasteiger partial charge in [0.2, 0.25) is 0 Å². The maximum absolute atomic E-state index is 12.0. The Morgan fingerprint density at radius 2 is 2.00 bits per heavy atom. The minimum Gasteiger partial charge on any atom is -0.224 e. The minimum absolute atomic E-state index is 0.0568. The monoisotopic (exact) mass is 256 g/mol. The van der Waals surface area contributed by atoms with Gasteiger partial charge >= 0.3 is 0 Å². The van der Waals surface area contributed by atoms with Crippen LogP contribution in [0.1, 0.15) is 24.3 Å².